The van der Waals surface area contributed by atoms with Gasteiger partial charge in [0.1, 0.15) is 24.7 Å². The van der Waals surface area contributed by atoms with Gasteiger partial charge in [-0.1, -0.05) is 53.6 Å². The molecule has 1 aliphatic heterocycles. The van der Waals surface area contributed by atoms with Gasteiger partial charge in [0.15, 0.2) is 0 Å². The van der Waals surface area contributed by atoms with Gasteiger partial charge in [0.2, 0.25) is 0 Å². The van der Waals surface area contributed by atoms with E-state index in [1.807, 2.05) is 55.5 Å². The molecule has 33 heavy (non-hydrogen) atoms. The molecular formula is C26H22ClNO4S. The van der Waals surface area contributed by atoms with E-state index in [0.717, 1.165) is 28.6 Å². The third-order valence-electron chi connectivity index (χ3n) is 4.93. The molecule has 0 N–H and O–H groups in total. The number of aryl methyl sites for hydroxylation is 1. The molecule has 3 aromatic carbocycles. The highest BCUT2D eigenvalue weighted by atomic mass is 35.5. The first-order valence-electron chi connectivity index (χ1n) is 10.4. The third-order valence-corrected chi connectivity index (χ3v) is 6.08. The first kappa shape index (κ1) is 23.0. The fourth-order valence-corrected chi connectivity index (χ4v) is 4.17. The van der Waals surface area contributed by atoms with Gasteiger partial charge in [0.05, 0.1) is 11.4 Å². The van der Waals surface area contributed by atoms with Crippen molar-refractivity contribution < 1.29 is 19.1 Å². The first-order valence-corrected chi connectivity index (χ1v) is 11.6. The van der Waals surface area contributed by atoms with Crippen molar-refractivity contribution in [3.63, 3.8) is 0 Å². The van der Waals surface area contributed by atoms with E-state index in [9.17, 15) is 9.59 Å². The van der Waals surface area contributed by atoms with Crippen LogP contribution in [0.1, 0.15) is 16.7 Å². The Labute approximate surface area is 202 Å². The number of ether oxygens (including phenoxy) is 2. The van der Waals surface area contributed by atoms with Crippen molar-refractivity contribution in [2.24, 2.45) is 0 Å². The maximum absolute atomic E-state index is 12.8. The van der Waals surface area contributed by atoms with Gasteiger partial charge in [-0.2, -0.15) is 0 Å². The summed E-state index contributed by atoms with van der Waals surface area (Å²) in [6, 6.07) is 22.3. The van der Waals surface area contributed by atoms with Gasteiger partial charge in [-0.05, 0) is 72.3 Å². The number of rotatable bonds is 8. The highest BCUT2D eigenvalue weighted by Gasteiger charge is 2.34. The quantitative estimate of drug-likeness (QED) is 0.278. The Morgan fingerprint density at radius 1 is 0.909 bits per heavy atom. The molecule has 1 saturated heterocycles. The molecule has 0 aromatic heterocycles. The molecule has 0 spiro atoms. The number of nitrogens with zero attached hydrogens (tertiary/aromatic N) is 1. The van der Waals surface area contributed by atoms with Gasteiger partial charge < -0.3 is 9.47 Å². The van der Waals surface area contributed by atoms with Gasteiger partial charge >= 0.3 is 0 Å². The van der Waals surface area contributed by atoms with Crippen molar-refractivity contribution in [3.05, 3.63) is 99.4 Å². The lowest BCUT2D eigenvalue weighted by atomic mass is 10.2. The largest absolute Gasteiger partial charge is 0.490 e. The van der Waals surface area contributed by atoms with Gasteiger partial charge in [0, 0.05) is 5.02 Å². The van der Waals surface area contributed by atoms with Crippen LogP contribution in [0.2, 0.25) is 5.02 Å². The maximum atomic E-state index is 12.8. The summed E-state index contributed by atoms with van der Waals surface area (Å²) in [7, 11) is 0. The van der Waals surface area contributed by atoms with Crippen LogP contribution in [0.4, 0.5) is 4.79 Å². The highest BCUT2D eigenvalue weighted by Crippen LogP contribution is 2.33. The van der Waals surface area contributed by atoms with Crippen molar-refractivity contribution >= 4 is 40.6 Å². The average Bonchev–Trinajstić information content (AvgIpc) is 3.07. The summed E-state index contributed by atoms with van der Waals surface area (Å²) in [5, 5.41) is 0.318. The molecule has 0 radical (unpaired) electrons. The van der Waals surface area contributed by atoms with Crippen molar-refractivity contribution in [1.82, 2.24) is 4.90 Å². The number of thioether (sulfide) groups is 1. The molecule has 4 rings (SSSR count). The van der Waals surface area contributed by atoms with E-state index in [4.69, 9.17) is 21.1 Å². The molecule has 0 atom stereocenters. The van der Waals surface area contributed by atoms with Crippen molar-refractivity contribution in [3.8, 4) is 11.5 Å². The first-order chi connectivity index (χ1) is 16.0. The fraction of sp³-hybridized carbons (Fsp3) is 0.154. The van der Waals surface area contributed by atoms with Crippen molar-refractivity contribution in [1.29, 1.82) is 0 Å². The number of amides is 2. The van der Waals surface area contributed by atoms with E-state index >= 15 is 0 Å². The molecule has 0 aliphatic carbocycles. The Morgan fingerprint density at radius 2 is 1.61 bits per heavy atom. The van der Waals surface area contributed by atoms with Crippen LogP contribution >= 0.6 is 23.4 Å². The fourth-order valence-electron chi connectivity index (χ4n) is 3.21. The number of carbonyl (C=O) groups is 2. The zero-order valence-corrected chi connectivity index (χ0v) is 19.6. The third kappa shape index (κ3) is 6.18. The summed E-state index contributed by atoms with van der Waals surface area (Å²) >= 11 is 6.84. The SMILES string of the molecule is Cc1ccc(OCCOc2cccc(/C=C3\SC(=O)N(Cc4ccc(Cl)cc4)C3=O)c2)cc1. The molecule has 2 amide bonds. The number of imide groups is 1. The van der Waals surface area contributed by atoms with E-state index in [0.29, 0.717) is 28.9 Å². The molecular weight excluding hydrogens is 458 g/mol. The van der Waals surface area contributed by atoms with E-state index in [2.05, 4.69) is 0 Å². The predicted molar refractivity (Wildman–Crippen MR) is 132 cm³/mol. The molecule has 3 aromatic rings. The van der Waals surface area contributed by atoms with Crippen LogP contribution in [0.15, 0.2) is 77.7 Å². The van der Waals surface area contributed by atoms with E-state index in [-0.39, 0.29) is 17.7 Å². The van der Waals surface area contributed by atoms with Gasteiger partial charge in [-0.25, -0.2) is 0 Å². The number of hydrogen-bond donors (Lipinski definition) is 0. The van der Waals surface area contributed by atoms with Gasteiger partial charge in [-0.3, -0.25) is 14.5 Å². The van der Waals surface area contributed by atoms with E-state index in [1.165, 1.54) is 10.5 Å². The Balaban J connectivity index is 1.35. The number of carbonyl (C=O) groups excluding carboxylic acids is 2. The van der Waals surface area contributed by atoms with E-state index < -0.39 is 0 Å². The zero-order chi connectivity index (χ0) is 23.2. The molecule has 0 unspecified atom stereocenters. The van der Waals surface area contributed by atoms with E-state index in [1.54, 1.807) is 30.3 Å². The van der Waals surface area contributed by atoms with Crippen LogP contribution in [0.3, 0.4) is 0 Å². The second-order valence-corrected chi connectivity index (χ2v) is 8.91. The smallest absolute Gasteiger partial charge is 0.293 e. The second-order valence-electron chi connectivity index (χ2n) is 7.48. The monoisotopic (exact) mass is 479 g/mol. The van der Waals surface area contributed by atoms with Gasteiger partial charge in [0.25, 0.3) is 11.1 Å². The van der Waals surface area contributed by atoms with Crippen molar-refractivity contribution in [2.45, 2.75) is 13.5 Å². The highest BCUT2D eigenvalue weighted by molar-refractivity contribution is 8.18. The lowest BCUT2D eigenvalue weighted by molar-refractivity contribution is -0.123. The summed E-state index contributed by atoms with van der Waals surface area (Å²) in [5.74, 6) is 1.15. The summed E-state index contributed by atoms with van der Waals surface area (Å²) < 4.78 is 11.5. The minimum absolute atomic E-state index is 0.212. The summed E-state index contributed by atoms with van der Waals surface area (Å²) in [4.78, 5) is 26.8. The lowest BCUT2D eigenvalue weighted by Gasteiger charge is -2.12. The molecule has 1 aliphatic rings. The molecule has 0 bridgehead atoms. The summed E-state index contributed by atoms with van der Waals surface area (Å²) in [5.41, 5.74) is 2.80. The molecule has 5 nitrogen and oxygen atoms in total. The molecule has 0 saturated carbocycles. The second kappa shape index (κ2) is 10.6. The zero-order valence-electron chi connectivity index (χ0n) is 18.0. The van der Waals surface area contributed by atoms with Crippen LogP contribution < -0.4 is 9.47 Å². The molecule has 1 heterocycles. The number of benzene rings is 3. The minimum Gasteiger partial charge on any atom is -0.490 e. The molecule has 1 fully saturated rings. The standard InChI is InChI=1S/C26H22ClNO4S/c1-18-5-11-22(12-6-18)31-13-14-32-23-4-2-3-20(15-23)16-24-25(29)28(26(30)33-24)17-19-7-9-21(27)10-8-19/h2-12,15-16H,13-14,17H2,1H3/b24-16-. The number of hydrogen-bond acceptors (Lipinski definition) is 5. The maximum Gasteiger partial charge on any atom is 0.293 e. The Morgan fingerprint density at radius 3 is 2.33 bits per heavy atom. The topological polar surface area (TPSA) is 55.8 Å². The lowest BCUT2D eigenvalue weighted by Crippen LogP contribution is -2.27. The van der Waals surface area contributed by atoms with Crippen LogP contribution in [0, 0.1) is 6.92 Å². The summed E-state index contributed by atoms with van der Waals surface area (Å²) in [6.45, 7) is 3.04. The van der Waals surface area contributed by atoms with Crippen molar-refractivity contribution in [2.75, 3.05) is 13.2 Å². The van der Waals surface area contributed by atoms with Crippen LogP contribution in [-0.2, 0) is 11.3 Å². The van der Waals surface area contributed by atoms with Crippen LogP contribution in [0.25, 0.3) is 6.08 Å². The molecule has 7 heteroatoms. The normalized spacial score (nSPS) is 14.7. The Hall–Kier alpha value is -3.22. The van der Waals surface area contributed by atoms with Crippen LogP contribution in [0.5, 0.6) is 11.5 Å². The van der Waals surface area contributed by atoms with Gasteiger partial charge in [-0.15, -0.1) is 0 Å². The predicted octanol–water partition coefficient (Wildman–Crippen LogP) is 6.34. The Bertz CT molecular complexity index is 1180. The number of halogens is 1. The average molecular weight is 480 g/mol. The summed E-state index contributed by atoms with van der Waals surface area (Å²) in [6.07, 6.45) is 1.71. The molecule has 168 valence electrons. The Kier molecular flexibility index (Phi) is 7.37. The minimum atomic E-state index is -0.308. The van der Waals surface area contributed by atoms with Crippen LogP contribution in [-0.4, -0.2) is 29.3 Å².